The first-order chi connectivity index (χ1) is 5.92. The van der Waals surface area contributed by atoms with Gasteiger partial charge in [-0.1, -0.05) is 6.42 Å². The molecule has 2 aliphatic rings. The number of hydrogen-bond acceptors (Lipinski definition) is 3. The standard InChI is InChI=1S/C9H18N2S/c10-5-8-3-1-2-4-11(8)9-6-12-7-9/h8-9H,1-7,10H2. The molecular formula is C9H18N2S. The van der Waals surface area contributed by atoms with Gasteiger partial charge in [0.15, 0.2) is 0 Å². The molecule has 0 saturated carbocycles. The second kappa shape index (κ2) is 3.99. The molecule has 0 aromatic rings. The maximum Gasteiger partial charge on any atom is 0.0280 e. The van der Waals surface area contributed by atoms with Gasteiger partial charge in [0.05, 0.1) is 0 Å². The molecule has 12 heavy (non-hydrogen) atoms. The van der Waals surface area contributed by atoms with Gasteiger partial charge in [-0.15, -0.1) is 0 Å². The minimum absolute atomic E-state index is 0.699. The van der Waals surface area contributed by atoms with Crippen LogP contribution in [0.3, 0.4) is 0 Å². The van der Waals surface area contributed by atoms with Crippen LogP contribution in [0.25, 0.3) is 0 Å². The molecule has 2 aliphatic heterocycles. The summed E-state index contributed by atoms with van der Waals surface area (Å²) in [5, 5.41) is 0. The monoisotopic (exact) mass is 186 g/mol. The first-order valence-electron chi connectivity index (χ1n) is 4.95. The SMILES string of the molecule is NCC1CCCCN1C1CSC1. The van der Waals surface area contributed by atoms with Gasteiger partial charge >= 0.3 is 0 Å². The predicted molar refractivity (Wildman–Crippen MR) is 54.5 cm³/mol. The van der Waals surface area contributed by atoms with E-state index in [4.69, 9.17) is 5.73 Å². The Hall–Kier alpha value is 0.270. The van der Waals surface area contributed by atoms with Crippen LogP contribution in [0.4, 0.5) is 0 Å². The van der Waals surface area contributed by atoms with E-state index in [0.717, 1.165) is 12.6 Å². The summed E-state index contributed by atoms with van der Waals surface area (Å²) in [6.07, 6.45) is 4.10. The van der Waals surface area contributed by atoms with Crippen LogP contribution >= 0.6 is 11.8 Å². The molecule has 2 fully saturated rings. The highest BCUT2D eigenvalue weighted by atomic mass is 32.2. The van der Waals surface area contributed by atoms with Gasteiger partial charge in [-0.2, -0.15) is 11.8 Å². The topological polar surface area (TPSA) is 29.3 Å². The fraction of sp³-hybridized carbons (Fsp3) is 1.00. The van der Waals surface area contributed by atoms with E-state index in [9.17, 15) is 0 Å². The molecule has 0 bridgehead atoms. The largest absolute Gasteiger partial charge is 0.329 e. The van der Waals surface area contributed by atoms with Crippen molar-refractivity contribution in [2.75, 3.05) is 24.6 Å². The Bertz CT molecular complexity index is 147. The quantitative estimate of drug-likeness (QED) is 0.695. The van der Waals surface area contributed by atoms with E-state index in [1.807, 2.05) is 0 Å². The molecule has 1 atom stereocenters. The van der Waals surface area contributed by atoms with Crippen LogP contribution in [0, 0.1) is 0 Å². The van der Waals surface area contributed by atoms with E-state index >= 15 is 0 Å². The fourth-order valence-corrected chi connectivity index (χ4v) is 3.00. The van der Waals surface area contributed by atoms with Crippen LogP contribution in [-0.2, 0) is 0 Å². The Morgan fingerprint density at radius 3 is 2.75 bits per heavy atom. The van der Waals surface area contributed by atoms with E-state index < -0.39 is 0 Å². The van der Waals surface area contributed by atoms with Gasteiger partial charge in [0.25, 0.3) is 0 Å². The van der Waals surface area contributed by atoms with Crippen LogP contribution in [0.1, 0.15) is 19.3 Å². The first-order valence-corrected chi connectivity index (χ1v) is 6.11. The molecule has 3 heteroatoms. The van der Waals surface area contributed by atoms with Crippen LogP contribution in [0.5, 0.6) is 0 Å². The summed E-state index contributed by atoms with van der Waals surface area (Å²) >= 11 is 2.07. The summed E-state index contributed by atoms with van der Waals surface area (Å²) in [5.74, 6) is 2.69. The third kappa shape index (κ3) is 1.63. The van der Waals surface area contributed by atoms with E-state index in [-0.39, 0.29) is 0 Å². The number of piperidine rings is 1. The minimum Gasteiger partial charge on any atom is -0.329 e. The highest BCUT2D eigenvalue weighted by molar-refractivity contribution is 8.00. The Labute approximate surface area is 78.9 Å². The lowest BCUT2D eigenvalue weighted by Gasteiger charge is -2.44. The summed E-state index contributed by atoms with van der Waals surface area (Å²) in [5.41, 5.74) is 5.76. The average Bonchev–Trinajstić information content (AvgIpc) is 2.02. The van der Waals surface area contributed by atoms with Crippen molar-refractivity contribution in [3.63, 3.8) is 0 Å². The molecule has 0 radical (unpaired) electrons. The molecule has 1 unspecified atom stereocenters. The lowest BCUT2D eigenvalue weighted by atomic mass is 10.0. The van der Waals surface area contributed by atoms with Crippen molar-refractivity contribution in [3.8, 4) is 0 Å². The van der Waals surface area contributed by atoms with Gasteiger partial charge in [0.1, 0.15) is 0 Å². The second-order valence-electron chi connectivity index (χ2n) is 3.81. The molecule has 0 spiro atoms. The van der Waals surface area contributed by atoms with Crippen molar-refractivity contribution in [2.45, 2.75) is 31.3 Å². The van der Waals surface area contributed by atoms with Crippen molar-refractivity contribution in [3.05, 3.63) is 0 Å². The van der Waals surface area contributed by atoms with Crippen molar-refractivity contribution < 1.29 is 0 Å². The Kier molecular flexibility index (Phi) is 2.94. The highest BCUT2D eigenvalue weighted by Gasteiger charge is 2.31. The number of hydrogen-bond donors (Lipinski definition) is 1. The van der Waals surface area contributed by atoms with Gasteiger partial charge in [-0.05, 0) is 19.4 Å². The normalized spacial score (nSPS) is 33.2. The van der Waals surface area contributed by atoms with Gasteiger partial charge in [0, 0.05) is 30.1 Å². The predicted octanol–water partition coefficient (Wildman–Crippen LogP) is 0.915. The zero-order valence-electron chi connectivity index (χ0n) is 7.54. The number of thioether (sulfide) groups is 1. The average molecular weight is 186 g/mol. The summed E-state index contributed by atoms with van der Waals surface area (Å²) in [6.45, 7) is 2.16. The van der Waals surface area contributed by atoms with Gasteiger partial charge in [0.2, 0.25) is 0 Å². The third-order valence-corrected chi connectivity index (χ3v) is 4.28. The van der Waals surface area contributed by atoms with Gasteiger partial charge in [-0.3, -0.25) is 4.90 Å². The number of rotatable bonds is 2. The number of nitrogens with two attached hydrogens (primary N) is 1. The lowest BCUT2D eigenvalue weighted by molar-refractivity contribution is 0.116. The van der Waals surface area contributed by atoms with E-state index in [1.54, 1.807) is 0 Å². The van der Waals surface area contributed by atoms with E-state index in [1.165, 1.54) is 37.3 Å². The van der Waals surface area contributed by atoms with Crippen LogP contribution in [-0.4, -0.2) is 41.6 Å². The van der Waals surface area contributed by atoms with Crippen molar-refractivity contribution in [2.24, 2.45) is 5.73 Å². The summed E-state index contributed by atoms with van der Waals surface area (Å²) in [7, 11) is 0. The second-order valence-corrected chi connectivity index (χ2v) is 4.89. The Morgan fingerprint density at radius 2 is 2.17 bits per heavy atom. The molecular weight excluding hydrogens is 168 g/mol. The summed E-state index contributed by atoms with van der Waals surface area (Å²) < 4.78 is 0. The molecule has 0 aliphatic carbocycles. The van der Waals surface area contributed by atoms with Gasteiger partial charge in [-0.25, -0.2) is 0 Å². The molecule has 2 N–H and O–H groups in total. The number of nitrogens with zero attached hydrogens (tertiary/aromatic N) is 1. The van der Waals surface area contributed by atoms with Crippen LogP contribution in [0.15, 0.2) is 0 Å². The molecule has 2 heterocycles. The van der Waals surface area contributed by atoms with Crippen molar-refractivity contribution in [1.29, 1.82) is 0 Å². The lowest BCUT2D eigenvalue weighted by Crippen LogP contribution is -2.54. The third-order valence-electron chi connectivity index (χ3n) is 3.03. The van der Waals surface area contributed by atoms with Crippen molar-refractivity contribution in [1.82, 2.24) is 4.90 Å². The van der Waals surface area contributed by atoms with E-state index in [2.05, 4.69) is 16.7 Å². The Balaban J connectivity index is 1.90. The summed E-state index contributed by atoms with van der Waals surface area (Å²) in [6, 6.07) is 1.56. The molecule has 70 valence electrons. The molecule has 2 rings (SSSR count). The molecule has 0 aromatic carbocycles. The molecule has 0 amide bonds. The van der Waals surface area contributed by atoms with Crippen molar-refractivity contribution >= 4 is 11.8 Å². The highest BCUT2D eigenvalue weighted by Crippen LogP contribution is 2.28. The Morgan fingerprint density at radius 1 is 1.33 bits per heavy atom. The zero-order valence-corrected chi connectivity index (χ0v) is 8.35. The molecule has 0 aromatic heterocycles. The van der Waals surface area contributed by atoms with Gasteiger partial charge < -0.3 is 5.73 Å². The fourth-order valence-electron chi connectivity index (χ4n) is 2.17. The van der Waals surface area contributed by atoms with Crippen LogP contribution < -0.4 is 5.73 Å². The smallest absolute Gasteiger partial charge is 0.0280 e. The summed E-state index contributed by atoms with van der Waals surface area (Å²) in [4.78, 5) is 2.65. The minimum atomic E-state index is 0.699. The maximum absolute atomic E-state index is 5.76. The van der Waals surface area contributed by atoms with Crippen LogP contribution in [0.2, 0.25) is 0 Å². The maximum atomic E-state index is 5.76. The molecule has 2 saturated heterocycles. The first kappa shape index (κ1) is 8.85. The van der Waals surface area contributed by atoms with E-state index in [0.29, 0.717) is 6.04 Å². The number of likely N-dealkylation sites (tertiary alicyclic amines) is 1. The zero-order chi connectivity index (χ0) is 8.39. The molecule has 2 nitrogen and oxygen atoms in total.